The molecule has 3 nitrogen and oxygen atoms in total. The number of nitrogens with zero attached hydrogens (tertiary/aromatic N) is 2. The Labute approximate surface area is 118 Å². The molecule has 2 aromatic rings. The van der Waals surface area contributed by atoms with Crippen LogP contribution in [0.3, 0.4) is 0 Å². The van der Waals surface area contributed by atoms with Crippen LogP contribution >= 0.6 is 0 Å². The number of hydrogen-bond donors (Lipinski definition) is 0. The molecule has 0 fully saturated rings. The summed E-state index contributed by atoms with van der Waals surface area (Å²) in [7, 11) is 1.76. The first kappa shape index (κ1) is 14.2. The minimum absolute atomic E-state index is 0.0387. The maximum Gasteiger partial charge on any atom is 0.253 e. The normalized spacial score (nSPS) is 11.9. The van der Waals surface area contributed by atoms with Crippen LogP contribution in [0.15, 0.2) is 48.8 Å². The number of carbonyl (C=O) groups excluding carboxylic acids is 1. The van der Waals surface area contributed by atoms with Gasteiger partial charge in [0, 0.05) is 31.0 Å². The van der Waals surface area contributed by atoms with Gasteiger partial charge in [-0.05, 0) is 49.2 Å². The molecule has 1 atom stereocenters. The molecule has 0 radical (unpaired) electrons. The van der Waals surface area contributed by atoms with Crippen LogP contribution in [0.5, 0.6) is 0 Å². The summed E-state index contributed by atoms with van der Waals surface area (Å²) >= 11 is 0. The average molecular weight is 272 g/mol. The molecular formula is C16H17FN2O. The van der Waals surface area contributed by atoms with E-state index in [2.05, 4.69) is 4.98 Å². The van der Waals surface area contributed by atoms with Gasteiger partial charge in [-0.3, -0.25) is 9.78 Å². The van der Waals surface area contributed by atoms with Crippen LogP contribution in [0.1, 0.15) is 22.8 Å². The van der Waals surface area contributed by atoms with Crippen LogP contribution in [-0.2, 0) is 6.42 Å². The summed E-state index contributed by atoms with van der Waals surface area (Å²) in [4.78, 5) is 18.0. The third-order valence-electron chi connectivity index (χ3n) is 3.33. The van der Waals surface area contributed by atoms with Crippen molar-refractivity contribution in [2.24, 2.45) is 0 Å². The van der Waals surface area contributed by atoms with E-state index < -0.39 is 0 Å². The van der Waals surface area contributed by atoms with Gasteiger partial charge in [0.2, 0.25) is 0 Å². The molecule has 1 unspecified atom stereocenters. The lowest BCUT2D eigenvalue weighted by Crippen LogP contribution is -2.36. The Hall–Kier alpha value is -2.23. The molecule has 0 aliphatic carbocycles. The topological polar surface area (TPSA) is 33.2 Å². The van der Waals surface area contributed by atoms with E-state index in [-0.39, 0.29) is 17.8 Å². The van der Waals surface area contributed by atoms with Crippen molar-refractivity contribution in [1.29, 1.82) is 0 Å². The molecule has 1 aromatic carbocycles. The summed E-state index contributed by atoms with van der Waals surface area (Å²) in [5.41, 5.74) is 1.57. The van der Waals surface area contributed by atoms with Crippen LogP contribution < -0.4 is 0 Å². The SMILES string of the molecule is CC(Cc1cccnc1)N(C)C(=O)c1ccc(F)cc1. The van der Waals surface area contributed by atoms with E-state index >= 15 is 0 Å². The van der Waals surface area contributed by atoms with Crippen LogP contribution in [-0.4, -0.2) is 28.9 Å². The largest absolute Gasteiger partial charge is 0.339 e. The summed E-state index contributed by atoms with van der Waals surface area (Å²) in [6, 6.07) is 9.51. The fourth-order valence-electron chi connectivity index (χ4n) is 1.99. The molecule has 0 bridgehead atoms. The van der Waals surface area contributed by atoms with Gasteiger partial charge in [-0.1, -0.05) is 6.07 Å². The van der Waals surface area contributed by atoms with Crippen LogP contribution in [0.4, 0.5) is 4.39 Å². The van der Waals surface area contributed by atoms with Crippen molar-refractivity contribution in [3.05, 3.63) is 65.7 Å². The third-order valence-corrected chi connectivity index (χ3v) is 3.33. The van der Waals surface area contributed by atoms with E-state index in [9.17, 15) is 9.18 Å². The first-order valence-corrected chi connectivity index (χ1v) is 6.49. The van der Waals surface area contributed by atoms with Gasteiger partial charge in [0.05, 0.1) is 0 Å². The lowest BCUT2D eigenvalue weighted by molar-refractivity contribution is 0.0743. The number of pyridine rings is 1. The van der Waals surface area contributed by atoms with Crippen LogP contribution in [0, 0.1) is 5.82 Å². The van der Waals surface area contributed by atoms with Gasteiger partial charge in [0.25, 0.3) is 5.91 Å². The Bertz CT molecular complexity index is 569. The van der Waals surface area contributed by atoms with Crippen molar-refractivity contribution in [1.82, 2.24) is 9.88 Å². The lowest BCUT2D eigenvalue weighted by Gasteiger charge is -2.25. The average Bonchev–Trinajstić information content (AvgIpc) is 2.47. The maximum absolute atomic E-state index is 12.9. The number of aromatic nitrogens is 1. The number of rotatable bonds is 4. The van der Waals surface area contributed by atoms with Crippen molar-refractivity contribution in [2.45, 2.75) is 19.4 Å². The molecule has 1 heterocycles. The molecule has 2 rings (SSSR count). The standard InChI is InChI=1S/C16H17FN2O/c1-12(10-13-4-3-9-18-11-13)19(2)16(20)14-5-7-15(17)8-6-14/h3-9,11-12H,10H2,1-2H3. The molecule has 0 saturated carbocycles. The van der Waals surface area contributed by atoms with Crippen molar-refractivity contribution >= 4 is 5.91 Å². The third kappa shape index (κ3) is 3.41. The van der Waals surface area contributed by atoms with Crippen molar-refractivity contribution in [2.75, 3.05) is 7.05 Å². The number of hydrogen-bond acceptors (Lipinski definition) is 2. The van der Waals surface area contributed by atoms with E-state index in [1.165, 1.54) is 24.3 Å². The van der Waals surface area contributed by atoms with Crippen LogP contribution in [0.25, 0.3) is 0 Å². The summed E-state index contributed by atoms with van der Waals surface area (Å²) in [5, 5.41) is 0. The molecular weight excluding hydrogens is 255 g/mol. The van der Waals surface area contributed by atoms with Crippen molar-refractivity contribution < 1.29 is 9.18 Å². The Morgan fingerprint density at radius 1 is 1.30 bits per heavy atom. The molecule has 104 valence electrons. The second-order valence-electron chi connectivity index (χ2n) is 4.84. The molecule has 0 aliphatic heterocycles. The molecule has 0 N–H and O–H groups in total. The second kappa shape index (κ2) is 6.28. The van der Waals surface area contributed by atoms with E-state index in [1.54, 1.807) is 24.3 Å². The Morgan fingerprint density at radius 2 is 2.00 bits per heavy atom. The zero-order valence-electron chi connectivity index (χ0n) is 11.6. The highest BCUT2D eigenvalue weighted by Gasteiger charge is 2.17. The van der Waals surface area contributed by atoms with Gasteiger partial charge in [0.1, 0.15) is 5.82 Å². The fraction of sp³-hybridized carbons (Fsp3) is 0.250. The van der Waals surface area contributed by atoms with Crippen LogP contribution in [0.2, 0.25) is 0 Å². The zero-order chi connectivity index (χ0) is 14.5. The molecule has 0 spiro atoms. The minimum atomic E-state index is -0.340. The van der Waals surface area contributed by atoms with Crippen molar-refractivity contribution in [3.8, 4) is 0 Å². The number of likely N-dealkylation sites (N-methyl/N-ethyl adjacent to an activating group) is 1. The molecule has 1 amide bonds. The second-order valence-corrected chi connectivity index (χ2v) is 4.84. The van der Waals surface area contributed by atoms with E-state index in [4.69, 9.17) is 0 Å². The molecule has 0 aliphatic rings. The molecule has 0 saturated heterocycles. The quantitative estimate of drug-likeness (QED) is 0.857. The van der Waals surface area contributed by atoms with Gasteiger partial charge in [-0.25, -0.2) is 4.39 Å². The van der Waals surface area contributed by atoms with E-state index in [0.29, 0.717) is 5.56 Å². The predicted molar refractivity (Wildman–Crippen MR) is 75.9 cm³/mol. The van der Waals surface area contributed by atoms with Gasteiger partial charge in [-0.15, -0.1) is 0 Å². The summed E-state index contributed by atoms with van der Waals surface area (Å²) in [6.07, 6.45) is 4.26. The summed E-state index contributed by atoms with van der Waals surface area (Å²) < 4.78 is 12.9. The smallest absolute Gasteiger partial charge is 0.253 e. The number of carbonyl (C=O) groups is 1. The molecule has 1 aromatic heterocycles. The minimum Gasteiger partial charge on any atom is -0.339 e. The predicted octanol–water partition coefficient (Wildman–Crippen LogP) is 2.92. The Kier molecular flexibility index (Phi) is 4.45. The molecule has 20 heavy (non-hydrogen) atoms. The highest BCUT2D eigenvalue weighted by molar-refractivity contribution is 5.94. The Balaban J connectivity index is 2.04. The van der Waals surface area contributed by atoms with Gasteiger partial charge < -0.3 is 4.90 Å². The lowest BCUT2D eigenvalue weighted by atomic mass is 10.1. The number of halogens is 1. The zero-order valence-corrected chi connectivity index (χ0v) is 11.6. The highest BCUT2D eigenvalue weighted by Crippen LogP contribution is 2.11. The van der Waals surface area contributed by atoms with E-state index in [0.717, 1.165) is 12.0 Å². The number of amides is 1. The van der Waals surface area contributed by atoms with Crippen molar-refractivity contribution in [3.63, 3.8) is 0 Å². The molecule has 4 heteroatoms. The number of benzene rings is 1. The summed E-state index contributed by atoms with van der Waals surface area (Å²) in [5.74, 6) is -0.450. The van der Waals surface area contributed by atoms with Gasteiger partial charge in [-0.2, -0.15) is 0 Å². The monoisotopic (exact) mass is 272 g/mol. The highest BCUT2D eigenvalue weighted by atomic mass is 19.1. The first-order valence-electron chi connectivity index (χ1n) is 6.49. The fourth-order valence-corrected chi connectivity index (χ4v) is 1.99. The summed E-state index contributed by atoms with van der Waals surface area (Å²) in [6.45, 7) is 1.98. The Morgan fingerprint density at radius 3 is 2.60 bits per heavy atom. The van der Waals surface area contributed by atoms with E-state index in [1.807, 2.05) is 19.1 Å². The van der Waals surface area contributed by atoms with Gasteiger partial charge >= 0.3 is 0 Å². The maximum atomic E-state index is 12.9. The van der Waals surface area contributed by atoms with Gasteiger partial charge in [0.15, 0.2) is 0 Å². The first-order chi connectivity index (χ1) is 9.58.